The Morgan fingerprint density at radius 3 is 2.76 bits per heavy atom. The van der Waals surface area contributed by atoms with E-state index >= 15 is 0 Å². The fraction of sp³-hybridized carbons (Fsp3) is 0.533. The molecule has 1 amide bonds. The standard InChI is InChI=1S/C15H21FN4O/c16-12-10-11(19-15(21)13-2-1-5-18-13)3-4-14(12)20-8-6-17-7-9-20/h3-4,10,13,17-18H,1-2,5-9H2,(H,19,21). The smallest absolute Gasteiger partial charge is 0.241 e. The lowest BCUT2D eigenvalue weighted by molar-refractivity contribution is -0.117. The molecular weight excluding hydrogens is 271 g/mol. The molecule has 2 aliphatic rings. The van der Waals surface area contributed by atoms with E-state index in [2.05, 4.69) is 16.0 Å². The Balaban J connectivity index is 1.67. The lowest BCUT2D eigenvalue weighted by Gasteiger charge is -2.29. The molecule has 0 bridgehead atoms. The molecule has 0 spiro atoms. The van der Waals surface area contributed by atoms with Crippen LogP contribution in [0.4, 0.5) is 15.8 Å². The molecule has 3 rings (SSSR count). The maximum absolute atomic E-state index is 14.2. The molecule has 2 heterocycles. The first-order valence-electron chi connectivity index (χ1n) is 7.53. The van der Waals surface area contributed by atoms with Crippen molar-refractivity contribution < 1.29 is 9.18 Å². The summed E-state index contributed by atoms with van der Waals surface area (Å²) in [6.45, 7) is 4.20. The van der Waals surface area contributed by atoms with Gasteiger partial charge in [-0.05, 0) is 37.6 Å². The predicted molar refractivity (Wildman–Crippen MR) is 81.1 cm³/mol. The summed E-state index contributed by atoms with van der Waals surface area (Å²) in [5.74, 6) is -0.365. The molecule has 114 valence electrons. The molecule has 5 nitrogen and oxygen atoms in total. The van der Waals surface area contributed by atoms with Gasteiger partial charge in [0.25, 0.3) is 0 Å². The number of hydrogen-bond donors (Lipinski definition) is 3. The largest absolute Gasteiger partial charge is 0.367 e. The van der Waals surface area contributed by atoms with E-state index < -0.39 is 0 Å². The molecule has 0 aliphatic carbocycles. The number of amides is 1. The number of nitrogens with one attached hydrogen (secondary N) is 3. The topological polar surface area (TPSA) is 56.4 Å². The van der Waals surface area contributed by atoms with E-state index in [1.807, 2.05) is 4.90 Å². The number of rotatable bonds is 3. The van der Waals surface area contributed by atoms with Crippen molar-refractivity contribution in [2.24, 2.45) is 0 Å². The van der Waals surface area contributed by atoms with Crippen LogP contribution in [-0.2, 0) is 4.79 Å². The van der Waals surface area contributed by atoms with Crippen LogP contribution in [-0.4, -0.2) is 44.7 Å². The maximum atomic E-state index is 14.2. The molecule has 1 unspecified atom stereocenters. The fourth-order valence-corrected chi connectivity index (χ4v) is 2.88. The van der Waals surface area contributed by atoms with Crippen molar-refractivity contribution in [2.75, 3.05) is 42.9 Å². The van der Waals surface area contributed by atoms with Gasteiger partial charge in [-0.3, -0.25) is 4.79 Å². The Labute approximate surface area is 123 Å². The van der Waals surface area contributed by atoms with Crippen LogP contribution in [0.25, 0.3) is 0 Å². The van der Waals surface area contributed by atoms with E-state index in [1.54, 1.807) is 12.1 Å². The summed E-state index contributed by atoms with van der Waals surface area (Å²) >= 11 is 0. The van der Waals surface area contributed by atoms with E-state index in [9.17, 15) is 9.18 Å². The van der Waals surface area contributed by atoms with Gasteiger partial charge in [0, 0.05) is 31.9 Å². The van der Waals surface area contributed by atoms with E-state index in [1.165, 1.54) is 6.07 Å². The Bertz CT molecular complexity index is 510. The maximum Gasteiger partial charge on any atom is 0.241 e. The monoisotopic (exact) mass is 292 g/mol. The molecule has 0 radical (unpaired) electrons. The minimum Gasteiger partial charge on any atom is -0.367 e. The number of piperazine rings is 1. The van der Waals surface area contributed by atoms with Crippen LogP contribution in [0.3, 0.4) is 0 Å². The van der Waals surface area contributed by atoms with Crippen molar-refractivity contribution in [3.8, 4) is 0 Å². The van der Waals surface area contributed by atoms with E-state index in [0.717, 1.165) is 45.6 Å². The highest BCUT2D eigenvalue weighted by Crippen LogP contribution is 2.23. The normalized spacial score (nSPS) is 22.3. The zero-order valence-electron chi connectivity index (χ0n) is 12.0. The van der Waals surface area contributed by atoms with Crippen molar-refractivity contribution in [3.63, 3.8) is 0 Å². The van der Waals surface area contributed by atoms with Crippen LogP contribution in [0.2, 0.25) is 0 Å². The molecule has 1 aromatic rings. The number of carbonyl (C=O) groups is 1. The van der Waals surface area contributed by atoms with Crippen molar-refractivity contribution in [1.82, 2.24) is 10.6 Å². The molecule has 21 heavy (non-hydrogen) atoms. The highest BCUT2D eigenvalue weighted by atomic mass is 19.1. The molecule has 0 saturated carbocycles. The van der Waals surface area contributed by atoms with Gasteiger partial charge in [0.1, 0.15) is 5.82 Å². The van der Waals surface area contributed by atoms with Crippen LogP contribution in [0.1, 0.15) is 12.8 Å². The Hall–Kier alpha value is -1.66. The lowest BCUT2D eigenvalue weighted by atomic mass is 10.2. The second kappa shape index (κ2) is 6.41. The summed E-state index contributed by atoms with van der Waals surface area (Å²) in [7, 11) is 0. The molecule has 1 atom stereocenters. The van der Waals surface area contributed by atoms with Crippen molar-refractivity contribution in [3.05, 3.63) is 24.0 Å². The summed E-state index contributed by atoms with van der Waals surface area (Å²) in [6.07, 6.45) is 1.85. The van der Waals surface area contributed by atoms with Gasteiger partial charge in [-0.2, -0.15) is 0 Å². The third-order valence-corrected chi connectivity index (χ3v) is 4.05. The van der Waals surface area contributed by atoms with E-state index in [4.69, 9.17) is 0 Å². The average Bonchev–Trinajstić information content (AvgIpc) is 3.02. The van der Waals surface area contributed by atoms with Crippen LogP contribution in [0.15, 0.2) is 18.2 Å². The molecule has 6 heteroatoms. The van der Waals surface area contributed by atoms with Gasteiger partial charge in [-0.25, -0.2) is 4.39 Å². The molecule has 2 saturated heterocycles. The minimum absolute atomic E-state index is 0.0816. The van der Waals surface area contributed by atoms with Gasteiger partial charge in [0.15, 0.2) is 0 Å². The number of hydrogen-bond acceptors (Lipinski definition) is 4. The Kier molecular flexibility index (Phi) is 4.36. The quantitative estimate of drug-likeness (QED) is 0.776. The van der Waals surface area contributed by atoms with Gasteiger partial charge in [-0.1, -0.05) is 0 Å². The third-order valence-electron chi connectivity index (χ3n) is 4.05. The van der Waals surface area contributed by atoms with Crippen LogP contribution in [0, 0.1) is 5.82 Å². The highest BCUT2D eigenvalue weighted by Gasteiger charge is 2.22. The lowest BCUT2D eigenvalue weighted by Crippen LogP contribution is -2.43. The SMILES string of the molecule is O=C(Nc1ccc(N2CCNCC2)c(F)c1)C1CCCN1. The fourth-order valence-electron chi connectivity index (χ4n) is 2.88. The van der Waals surface area contributed by atoms with Crippen LogP contribution in [0.5, 0.6) is 0 Å². The van der Waals surface area contributed by atoms with Crippen LogP contribution < -0.4 is 20.9 Å². The van der Waals surface area contributed by atoms with Gasteiger partial charge in [-0.15, -0.1) is 0 Å². The molecule has 2 aliphatic heterocycles. The number of carbonyl (C=O) groups excluding carboxylic acids is 1. The Morgan fingerprint density at radius 1 is 1.29 bits per heavy atom. The van der Waals surface area contributed by atoms with Crippen molar-refractivity contribution in [2.45, 2.75) is 18.9 Å². The zero-order chi connectivity index (χ0) is 14.7. The summed E-state index contributed by atoms with van der Waals surface area (Å²) in [6, 6.07) is 4.77. The molecular formula is C15H21FN4O. The second-order valence-corrected chi connectivity index (χ2v) is 5.54. The first kappa shape index (κ1) is 14.3. The summed E-state index contributed by atoms with van der Waals surface area (Å²) in [5.41, 5.74) is 1.12. The first-order chi connectivity index (χ1) is 10.2. The molecule has 2 fully saturated rings. The minimum atomic E-state index is -0.283. The molecule has 3 N–H and O–H groups in total. The van der Waals surface area contributed by atoms with Crippen LogP contribution >= 0.6 is 0 Å². The predicted octanol–water partition coefficient (Wildman–Crippen LogP) is 0.926. The average molecular weight is 292 g/mol. The van der Waals surface area contributed by atoms with Gasteiger partial charge < -0.3 is 20.9 Å². The van der Waals surface area contributed by atoms with E-state index in [0.29, 0.717) is 11.4 Å². The van der Waals surface area contributed by atoms with E-state index in [-0.39, 0.29) is 17.8 Å². The number of anilines is 2. The third kappa shape index (κ3) is 3.33. The molecule has 0 aromatic heterocycles. The molecule has 1 aromatic carbocycles. The van der Waals surface area contributed by atoms with Gasteiger partial charge >= 0.3 is 0 Å². The van der Waals surface area contributed by atoms with Crippen molar-refractivity contribution >= 4 is 17.3 Å². The second-order valence-electron chi connectivity index (χ2n) is 5.54. The van der Waals surface area contributed by atoms with Gasteiger partial charge in [0.2, 0.25) is 5.91 Å². The summed E-state index contributed by atoms with van der Waals surface area (Å²) < 4.78 is 14.2. The Morgan fingerprint density at radius 2 is 2.10 bits per heavy atom. The van der Waals surface area contributed by atoms with Gasteiger partial charge in [0.05, 0.1) is 11.7 Å². The number of benzene rings is 1. The number of nitrogens with zero attached hydrogens (tertiary/aromatic N) is 1. The summed E-state index contributed by atoms with van der Waals surface area (Å²) in [5, 5.41) is 9.16. The number of halogens is 1. The van der Waals surface area contributed by atoms with Crippen molar-refractivity contribution in [1.29, 1.82) is 0 Å². The highest BCUT2D eigenvalue weighted by molar-refractivity contribution is 5.95. The zero-order valence-corrected chi connectivity index (χ0v) is 12.0. The summed E-state index contributed by atoms with van der Waals surface area (Å²) in [4.78, 5) is 14.0. The first-order valence-corrected chi connectivity index (χ1v) is 7.53.